The van der Waals surface area contributed by atoms with Crippen molar-refractivity contribution in [2.45, 2.75) is 322 Å². The summed E-state index contributed by atoms with van der Waals surface area (Å²) in [7, 11) is 1.17. The highest BCUT2D eigenvalue weighted by Gasteiger charge is 2.22. The molecule has 0 radical (unpaired) electrons. The van der Waals surface area contributed by atoms with Crippen LogP contribution < -0.4 is 4.89 Å². The summed E-state index contributed by atoms with van der Waals surface area (Å²) >= 11 is 0. The lowest BCUT2D eigenvalue weighted by Crippen LogP contribution is -2.37. The van der Waals surface area contributed by atoms with Crippen LogP contribution in [0.15, 0.2) is 48.6 Å². The lowest BCUT2D eigenvalue weighted by molar-refractivity contribution is -0.870. The molecule has 9 nitrogen and oxygen atoms in total. The number of carbonyl (C=O) groups is 2. The number of hydrogen-bond donors (Lipinski definition) is 0. The third kappa shape index (κ3) is 63.0. The molecule has 2 atom stereocenters. The number of quaternary nitrogens is 1. The molecule has 77 heavy (non-hydrogen) atoms. The number of esters is 2. The van der Waals surface area contributed by atoms with Crippen molar-refractivity contribution in [3.05, 3.63) is 48.6 Å². The van der Waals surface area contributed by atoms with Gasteiger partial charge in [-0.05, 0) is 70.6 Å². The molecule has 0 aromatic carbocycles. The number of carbonyl (C=O) groups excluding carboxylic acids is 2. The molecule has 0 aliphatic heterocycles. The predicted molar refractivity (Wildman–Crippen MR) is 328 cm³/mol. The Morgan fingerprint density at radius 3 is 1.06 bits per heavy atom. The molecule has 0 aliphatic carbocycles. The van der Waals surface area contributed by atoms with Crippen molar-refractivity contribution >= 4 is 19.8 Å². The normalized spacial score (nSPS) is 13.5. The number of likely N-dealkylation sites (N-methyl/N-ethyl adjacent to an activating group) is 1. The molecule has 0 aliphatic rings. The van der Waals surface area contributed by atoms with Crippen LogP contribution in [0, 0.1) is 0 Å². The average molecular weight is 1100 g/mol. The fourth-order valence-corrected chi connectivity index (χ4v) is 10.2. The van der Waals surface area contributed by atoms with Crippen molar-refractivity contribution in [1.82, 2.24) is 0 Å². The van der Waals surface area contributed by atoms with Crippen LogP contribution >= 0.6 is 7.82 Å². The van der Waals surface area contributed by atoms with E-state index in [9.17, 15) is 19.0 Å². The monoisotopic (exact) mass is 1100 g/mol. The molecule has 0 aromatic heterocycles. The van der Waals surface area contributed by atoms with E-state index >= 15 is 0 Å². The number of nitrogens with zero attached hydrogens (tertiary/aromatic N) is 1. The third-order valence-corrected chi connectivity index (χ3v) is 15.5. The Bertz CT molecular complexity index is 1440. The molecule has 0 saturated carbocycles. The van der Waals surface area contributed by atoms with Gasteiger partial charge in [0.15, 0.2) is 6.10 Å². The van der Waals surface area contributed by atoms with Crippen LogP contribution in [0.3, 0.4) is 0 Å². The summed E-state index contributed by atoms with van der Waals surface area (Å²) in [6.07, 6.45) is 75.0. The highest BCUT2D eigenvalue weighted by Crippen LogP contribution is 2.38. The van der Waals surface area contributed by atoms with Gasteiger partial charge in [-0.15, -0.1) is 0 Å². The summed E-state index contributed by atoms with van der Waals surface area (Å²) < 4.78 is 34.1. The Kier molecular flexibility index (Phi) is 57.1. The number of rotatable bonds is 61. The highest BCUT2D eigenvalue weighted by molar-refractivity contribution is 7.45. The van der Waals surface area contributed by atoms with Gasteiger partial charge in [0, 0.05) is 12.8 Å². The quantitative estimate of drug-likeness (QED) is 0.0195. The summed E-state index contributed by atoms with van der Waals surface area (Å²) in [6.45, 7) is 4.20. The molecule has 0 rings (SSSR count). The first-order chi connectivity index (χ1) is 37.5. The fourth-order valence-electron chi connectivity index (χ4n) is 9.47. The zero-order valence-corrected chi connectivity index (χ0v) is 52.3. The van der Waals surface area contributed by atoms with Gasteiger partial charge in [0.25, 0.3) is 7.82 Å². The van der Waals surface area contributed by atoms with E-state index < -0.39 is 32.5 Å². The molecule has 0 aromatic rings. The highest BCUT2D eigenvalue weighted by atomic mass is 31.2. The summed E-state index contributed by atoms with van der Waals surface area (Å²) in [6, 6.07) is 0. The molecule has 0 amide bonds. The van der Waals surface area contributed by atoms with Gasteiger partial charge in [-0.3, -0.25) is 14.2 Å². The zero-order chi connectivity index (χ0) is 56.3. The molecule has 0 heterocycles. The maximum absolute atomic E-state index is 12.8. The van der Waals surface area contributed by atoms with Crippen LogP contribution in [0.5, 0.6) is 0 Å². The third-order valence-electron chi connectivity index (χ3n) is 14.6. The number of unbranched alkanes of at least 4 members (excludes halogenated alkanes) is 39. The fraction of sp³-hybridized carbons (Fsp3) is 0.851. The minimum Gasteiger partial charge on any atom is -0.756 e. The first kappa shape index (κ1) is 75.0. The van der Waals surface area contributed by atoms with Crippen LogP contribution in [-0.4, -0.2) is 70.0 Å². The Hall–Kier alpha value is -2.03. The van der Waals surface area contributed by atoms with Gasteiger partial charge in [0.05, 0.1) is 27.7 Å². The first-order valence-electron chi connectivity index (χ1n) is 32.8. The molecule has 452 valence electrons. The number of allylic oxidation sites excluding steroid dienone is 8. The SMILES string of the molecule is CCCC/C=C\C/C=C\CCCCCCCC(=O)OCC(COP(=O)([O-])OCC[N+](C)(C)C)OC(=O)CCCCCCCCCCCCCCCCCCCCCCCCCCCCC/C=C\C/C=C\CCCCCCC. The maximum Gasteiger partial charge on any atom is 0.306 e. The average Bonchev–Trinajstić information content (AvgIpc) is 3.39. The van der Waals surface area contributed by atoms with Crippen LogP contribution in [0.4, 0.5) is 0 Å². The van der Waals surface area contributed by atoms with E-state index in [-0.39, 0.29) is 26.1 Å². The Labute approximate surface area is 477 Å². The van der Waals surface area contributed by atoms with Crippen molar-refractivity contribution in [3.8, 4) is 0 Å². The molecule has 10 heteroatoms. The maximum atomic E-state index is 12.8. The van der Waals surface area contributed by atoms with Crippen LogP contribution in [0.1, 0.15) is 316 Å². The summed E-state index contributed by atoms with van der Waals surface area (Å²) in [5, 5.41) is 0. The molecule has 0 fully saturated rings. The smallest absolute Gasteiger partial charge is 0.306 e. The van der Waals surface area contributed by atoms with Crippen molar-refractivity contribution in [1.29, 1.82) is 0 Å². The lowest BCUT2D eigenvalue weighted by atomic mass is 10.0. The second-order valence-corrected chi connectivity index (χ2v) is 24.9. The van der Waals surface area contributed by atoms with E-state index in [4.69, 9.17) is 18.5 Å². The van der Waals surface area contributed by atoms with Gasteiger partial charge in [0.2, 0.25) is 0 Å². The van der Waals surface area contributed by atoms with Crippen LogP contribution in [-0.2, 0) is 32.7 Å². The number of phosphoric acid groups is 1. The van der Waals surface area contributed by atoms with Crippen LogP contribution in [0.25, 0.3) is 0 Å². The van der Waals surface area contributed by atoms with Crippen molar-refractivity contribution in [2.75, 3.05) is 47.5 Å². The lowest BCUT2D eigenvalue weighted by Gasteiger charge is -2.28. The minimum absolute atomic E-state index is 0.0320. The molecule has 0 spiro atoms. The van der Waals surface area contributed by atoms with Gasteiger partial charge in [-0.2, -0.15) is 0 Å². The molecular weight excluding hydrogens is 978 g/mol. The molecular formula is C67H126NO8P. The van der Waals surface area contributed by atoms with Gasteiger partial charge in [-0.1, -0.05) is 281 Å². The number of ether oxygens (including phenoxy) is 2. The summed E-state index contributed by atoms with van der Waals surface area (Å²) in [5.41, 5.74) is 0. The van der Waals surface area contributed by atoms with Crippen molar-refractivity contribution < 1.29 is 42.1 Å². The van der Waals surface area contributed by atoms with E-state index in [1.54, 1.807) is 0 Å². The Balaban J connectivity index is 3.88. The first-order valence-corrected chi connectivity index (χ1v) is 34.3. The second-order valence-electron chi connectivity index (χ2n) is 23.5. The van der Waals surface area contributed by atoms with Crippen molar-refractivity contribution in [3.63, 3.8) is 0 Å². The number of phosphoric ester groups is 1. The Morgan fingerprint density at radius 2 is 0.714 bits per heavy atom. The van der Waals surface area contributed by atoms with Gasteiger partial charge in [-0.25, -0.2) is 0 Å². The topological polar surface area (TPSA) is 111 Å². The number of hydrogen-bond acceptors (Lipinski definition) is 8. The molecule has 0 saturated heterocycles. The van der Waals surface area contributed by atoms with Gasteiger partial charge in [0.1, 0.15) is 19.8 Å². The van der Waals surface area contributed by atoms with E-state index in [0.717, 1.165) is 64.2 Å². The zero-order valence-electron chi connectivity index (χ0n) is 51.4. The summed E-state index contributed by atoms with van der Waals surface area (Å²) in [4.78, 5) is 37.8. The van der Waals surface area contributed by atoms with E-state index in [2.05, 4.69) is 62.5 Å². The minimum atomic E-state index is -4.64. The Morgan fingerprint density at radius 1 is 0.403 bits per heavy atom. The van der Waals surface area contributed by atoms with Gasteiger partial charge < -0.3 is 27.9 Å². The van der Waals surface area contributed by atoms with Crippen LogP contribution in [0.2, 0.25) is 0 Å². The summed E-state index contributed by atoms with van der Waals surface area (Å²) in [5.74, 6) is -0.838. The van der Waals surface area contributed by atoms with Crippen molar-refractivity contribution in [2.24, 2.45) is 0 Å². The predicted octanol–water partition coefficient (Wildman–Crippen LogP) is 20.2. The largest absolute Gasteiger partial charge is 0.756 e. The molecule has 0 bridgehead atoms. The van der Waals surface area contributed by atoms with E-state index in [1.807, 2.05) is 21.1 Å². The van der Waals surface area contributed by atoms with Gasteiger partial charge >= 0.3 is 11.9 Å². The standard InChI is InChI=1S/C67H126NO8P/c1-6-8-10-12-14-16-18-20-22-23-24-25-26-27-28-29-30-31-32-33-34-35-36-37-38-39-40-41-42-43-44-45-46-48-50-52-54-56-58-60-67(70)76-65(64-75-77(71,72)74-62-61-68(3,4)5)63-73-66(69)59-57-55-53-51-49-47-21-19-17-15-13-11-9-7-2/h13,15,18-21,23-24,65H,6-12,14,16-17,22,25-64H2,1-5H3/b15-13-,20-18-,21-19-,24-23-. The molecule has 2 unspecified atom stereocenters. The van der Waals surface area contributed by atoms with E-state index in [1.165, 1.54) is 212 Å². The molecule has 0 N–H and O–H groups in total. The van der Waals surface area contributed by atoms with E-state index in [0.29, 0.717) is 23.9 Å². The second kappa shape index (κ2) is 58.6.